The van der Waals surface area contributed by atoms with Gasteiger partial charge in [0, 0.05) is 52.7 Å². The number of esters is 3. The van der Waals surface area contributed by atoms with E-state index in [-0.39, 0.29) is 11.4 Å². The van der Waals surface area contributed by atoms with Crippen LogP contribution < -0.4 is 5.32 Å². The molecule has 3 rings (SSSR count). The molecule has 1 N–H and O–H groups in total. The number of nitrogens with one attached hydrogen (secondary N) is 1. The molecule has 1 amide bonds. The van der Waals surface area contributed by atoms with E-state index in [1.54, 1.807) is 36.1 Å². The predicted octanol–water partition coefficient (Wildman–Crippen LogP) is 0.842. The minimum absolute atomic E-state index is 0.223. The Morgan fingerprint density at radius 3 is 2.19 bits per heavy atom. The Kier molecular flexibility index (Phi) is 8.53. The largest absolute Gasteiger partial charge is 0.463 e. The molecule has 2 aromatic heterocycles. The first-order valence-corrected chi connectivity index (χ1v) is 11.4. The summed E-state index contributed by atoms with van der Waals surface area (Å²) in [4.78, 5) is 51.7. The lowest BCUT2D eigenvalue weighted by atomic mass is 9.95. The second-order valence-electron chi connectivity index (χ2n) is 8.09. The molecule has 1 fully saturated rings. The van der Waals surface area contributed by atoms with Gasteiger partial charge in [-0.3, -0.25) is 24.2 Å². The Hall–Kier alpha value is -3.65. The zero-order chi connectivity index (χ0) is 26.6. The molecule has 1 aliphatic rings. The fraction of sp³-hybridized carbons (Fsp3) is 0.500. The van der Waals surface area contributed by atoms with Gasteiger partial charge in [0.05, 0.1) is 0 Å². The lowest BCUT2D eigenvalue weighted by Crippen LogP contribution is -2.64. The van der Waals surface area contributed by atoms with E-state index in [4.69, 9.17) is 31.2 Å². The van der Waals surface area contributed by atoms with Gasteiger partial charge < -0.3 is 28.8 Å². The van der Waals surface area contributed by atoms with Gasteiger partial charge in [-0.15, -0.1) is 5.10 Å². The number of hydrogen-bond donors (Lipinski definition) is 1. The zero-order valence-electron chi connectivity index (χ0n) is 20.4. The average Bonchev–Trinajstić information content (AvgIpc) is 3.09. The lowest BCUT2D eigenvalue weighted by Gasteiger charge is -2.45. The van der Waals surface area contributed by atoms with Crippen LogP contribution in [0.5, 0.6) is 0 Å². The Bertz CT molecular complexity index is 1200. The molecule has 0 spiro atoms. The van der Waals surface area contributed by atoms with Crippen LogP contribution in [0, 0.1) is 4.77 Å². The molecule has 14 heteroatoms. The number of rotatable bonds is 7. The summed E-state index contributed by atoms with van der Waals surface area (Å²) in [6.45, 7) is 4.50. The van der Waals surface area contributed by atoms with Crippen LogP contribution >= 0.6 is 12.2 Å². The number of hydrogen-bond acceptors (Lipinski definition) is 11. The maximum atomic E-state index is 12.2. The van der Waals surface area contributed by atoms with E-state index in [0.29, 0.717) is 5.82 Å². The number of aromatic nitrogens is 4. The van der Waals surface area contributed by atoms with Gasteiger partial charge in [0.25, 0.3) is 0 Å². The van der Waals surface area contributed by atoms with Crippen molar-refractivity contribution in [1.29, 1.82) is 0 Å². The van der Waals surface area contributed by atoms with Crippen LogP contribution in [0.2, 0.25) is 0 Å². The first-order valence-electron chi connectivity index (χ1n) is 11.0. The van der Waals surface area contributed by atoms with E-state index >= 15 is 0 Å². The summed E-state index contributed by atoms with van der Waals surface area (Å²) >= 11 is 5.61. The van der Waals surface area contributed by atoms with E-state index in [1.807, 2.05) is 0 Å². The topological polar surface area (TPSA) is 153 Å². The van der Waals surface area contributed by atoms with Gasteiger partial charge in [0.15, 0.2) is 29.0 Å². The number of carbonyl (C=O) groups excluding carboxylic acids is 4. The van der Waals surface area contributed by atoms with Crippen LogP contribution in [0.1, 0.15) is 33.9 Å². The first-order chi connectivity index (χ1) is 17.0. The third-order valence-corrected chi connectivity index (χ3v) is 5.73. The smallest absolute Gasteiger partial charge is 0.303 e. The molecular weight excluding hydrogens is 494 g/mol. The molecule has 0 saturated carbocycles. The van der Waals surface area contributed by atoms with Gasteiger partial charge in [0.1, 0.15) is 18.8 Å². The van der Waals surface area contributed by atoms with E-state index in [0.717, 1.165) is 5.56 Å². The molecule has 0 bridgehead atoms. The van der Waals surface area contributed by atoms with Crippen LogP contribution in [0.15, 0.2) is 24.5 Å². The van der Waals surface area contributed by atoms with Crippen LogP contribution in [-0.4, -0.2) is 74.1 Å². The molecule has 0 aliphatic carbocycles. The molecule has 194 valence electrons. The number of nitrogens with zero attached hydrogens (tertiary/aromatic N) is 4. The Morgan fingerprint density at radius 2 is 1.64 bits per heavy atom. The highest BCUT2D eigenvalue weighted by atomic mass is 32.1. The molecule has 0 aromatic carbocycles. The van der Waals surface area contributed by atoms with Crippen molar-refractivity contribution in [3.05, 3.63) is 29.3 Å². The fourth-order valence-corrected chi connectivity index (χ4v) is 4.12. The summed E-state index contributed by atoms with van der Waals surface area (Å²) in [5.41, 5.74) is 0.718. The SMILES string of the molecule is CC(=O)N[C@@H]1[C@H](OC(C)=O)[C@H](OC(C)=O)[C@H](COC(C)=O)O[C@@H]1n1nc(-c2ccncc2)n(C)c1=S. The second kappa shape index (κ2) is 11.4. The van der Waals surface area contributed by atoms with Crippen LogP contribution in [0.3, 0.4) is 0 Å². The van der Waals surface area contributed by atoms with E-state index in [2.05, 4.69) is 15.4 Å². The number of carbonyl (C=O) groups is 4. The van der Waals surface area contributed by atoms with E-state index in [1.165, 1.54) is 32.4 Å². The van der Waals surface area contributed by atoms with Crippen molar-refractivity contribution in [3.63, 3.8) is 0 Å². The van der Waals surface area contributed by atoms with Gasteiger partial charge in [0.2, 0.25) is 5.91 Å². The molecule has 36 heavy (non-hydrogen) atoms. The van der Waals surface area contributed by atoms with E-state index < -0.39 is 54.4 Å². The van der Waals surface area contributed by atoms with Crippen molar-refractivity contribution in [2.75, 3.05) is 6.61 Å². The first kappa shape index (κ1) is 26.9. The standard InChI is InChI=1S/C22H27N5O8S/c1-11(28)24-17-19(34-14(4)31)18(33-13(3)30)16(10-32-12(2)29)35-21(17)27-22(36)26(5)20(25-27)15-6-8-23-9-7-15/h6-9,16-19,21H,10H2,1-5H3,(H,24,28)/t16-,17+,18+,19-,21-/m0/s1. The maximum absolute atomic E-state index is 12.2. The van der Waals surface area contributed by atoms with Crippen molar-refractivity contribution < 1.29 is 38.1 Å². The monoisotopic (exact) mass is 521 g/mol. The molecule has 5 atom stereocenters. The second-order valence-corrected chi connectivity index (χ2v) is 8.45. The van der Waals surface area contributed by atoms with E-state index in [9.17, 15) is 19.2 Å². The van der Waals surface area contributed by atoms with Crippen LogP contribution in [0.4, 0.5) is 0 Å². The predicted molar refractivity (Wildman–Crippen MR) is 125 cm³/mol. The highest BCUT2D eigenvalue weighted by Gasteiger charge is 2.52. The Morgan fingerprint density at radius 1 is 1.03 bits per heavy atom. The average molecular weight is 522 g/mol. The summed E-state index contributed by atoms with van der Waals surface area (Å²) < 4.78 is 25.5. The molecule has 1 aliphatic heterocycles. The molecule has 0 radical (unpaired) electrons. The van der Waals surface area contributed by atoms with Crippen molar-refractivity contribution in [1.82, 2.24) is 24.6 Å². The summed E-state index contributed by atoms with van der Waals surface area (Å²) in [6.07, 6.45) is -1.43. The third-order valence-electron chi connectivity index (χ3n) is 5.27. The summed E-state index contributed by atoms with van der Waals surface area (Å²) in [6, 6.07) is 2.42. The van der Waals surface area contributed by atoms with Crippen LogP contribution in [0.25, 0.3) is 11.4 Å². The van der Waals surface area contributed by atoms with Crippen molar-refractivity contribution in [2.45, 2.75) is 58.3 Å². The van der Waals surface area contributed by atoms with Crippen molar-refractivity contribution in [2.24, 2.45) is 7.05 Å². The van der Waals surface area contributed by atoms with Gasteiger partial charge in [-0.25, -0.2) is 4.68 Å². The third kappa shape index (κ3) is 6.12. The van der Waals surface area contributed by atoms with Gasteiger partial charge >= 0.3 is 17.9 Å². The Labute approximate surface area is 211 Å². The quantitative estimate of drug-likeness (QED) is 0.313. The molecule has 2 aromatic rings. The van der Waals surface area contributed by atoms with Crippen molar-refractivity contribution >= 4 is 36.0 Å². The van der Waals surface area contributed by atoms with Gasteiger partial charge in [-0.1, -0.05) is 0 Å². The molecular formula is C22H27N5O8S. The summed E-state index contributed by atoms with van der Waals surface area (Å²) in [5, 5.41) is 7.31. The molecule has 3 heterocycles. The molecule has 13 nitrogen and oxygen atoms in total. The highest BCUT2D eigenvalue weighted by Crippen LogP contribution is 2.33. The zero-order valence-corrected chi connectivity index (χ0v) is 21.2. The maximum Gasteiger partial charge on any atom is 0.303 e. The van der Waals surface area contributed by atoms with Gasteiger partial charge in [-0.05, 0) is 24.4 Å². The minimum Gasteiger partial charge on any atom is -0.463 e. The fourth-order valence-electron chi connectivity index (χ4n) is 3.89. The highest BCUT2D eigenvalue weighted by molar-refractivity contribution is 7.71. The number of pyridine rings is 1. The molecule has 0 unspecified atom stereocenters. The summed E-state index contributed by atoms with van der Waals surface area (Å²) in [5.74, 6) is -1.97. The van der Waals surface area contributed by atoms with Gasteiger partial charge in [-0.2, -0.15) is 0 Å². The van der Waals surface area contributed by atoms with Crippen LogP contribution in [-0.2, 0) is 45.2 Å². The lowest BCUT2D eigenvalue weighted by molar-refractivity contribution is -0.239. The summed E-state index contributed by atoms with van der Waals surface area (Å²) in [7, 11) is 1.71. The normalized spacial score (nSPS) is 23.4. The minimum atomic E-state index is -1.22. The van der Waals surface area contributed by atoms with Crippen molar-refractivity contribution in [3.8, 4) is 11.4 Å². The molecule has 1 saturated heterocycles. The number of ether oxygens (including phenoxy) is 4. The number of amides is 1. The Balaban J connectivity index is 2.15.